The van der Waals surface area contributed by atoms with Crippen molar-refractivity contribution in [2.45, 2.75) is 31.2 Å². The highest BCUT2D eigenvalue weighted by Gasteiger charge is 2.24. The fraction of sp³-hybridized carbons (Fsp3) is 0.294. The van der Waals surface area contributed by atoms with Gasteiger partial charge in [-0.05, 0) is 44.0 Å². The van der Waals surface area contributed by atoms with Crippen molar-refractivity contribution in [2.24, 2.45) is 0 Å². The second-order valence-corrected chi connectivity index (χ2v) is 7.42. The molecule has 1 unspecified atom stereocenters. The third-order valence-electron chi connectivity index (χ3n) is 3.77. The van der Waals surface area contributed by atoms with Gasteiger partial charge >= 0.3 is 0 Å². The fourth-order valence-corrected chi connectivity index (χ4v) is 4.12. The zero-order valence-corrected chi connectivity index (χ0v) is 15.0. The fourth-order valence-electron chi connectivity index (χ4n) is 2.61. The van der Waals surface area contributed by atoms with Gasteiger partial charge in [-0.25, -0.2) is 13.1 Å². The summed E-state index contributed by atoms with van der Waals surface area (Å²) in [5, 5.41) is 11.0. The van der Waals surface area contributed by atoms with E-state index in [1.54, 1.807) is 14.0 Å². The van der Waals surface area contributed by atoms with E-state index >= 15 is 0 Å². The molecule has 0 amide bonds. The number of nitro groups is 1. The van der Waals surface area contributed by atoms with E-state index in [0.717, 1.165) is 5.56 Å². The molecule has 0 bridgehead atoms. The quantitative estimate of drug-likeness (QED) is 0.602. The van der Waals surface area contributed by atoms with E-state index in [2.05, 4.69) is 4.72 Å². The standard InChI is InChI=1S/C17H20N2O5S/c1-12(10-14-6-4-7-15(11-14)24-3)18-25(22,23)17-9-5-8-16(13(17)2)19(20)21/h4-9,11-12,18H,10H2,1-3H3. The second kappa shape index (κ2) is 7.62. The molecule has 134 valence electrons. The van der Waals surface area contributed by atoms with E-state index in [1.807, 2.05) is 24.3 Å². The van der Waals surface area contributed by atoms with Gasteiger partial charge in [0.25, 0.3) is 5.69 Å². The number of nitrogens with zero attached hydrogens (tertiary/aromatic N) is 1. The molecule has 2 aromatic carbocycles. The molecule has 0 aliphatic heterocycles. The maximum Gasteiger partial charge on any atom is 0.273 e. The molecule has 2 rings (SSSR count). The lowest BCUT2D eigenvalue weighted by Gasteiger charge is -2.16. The number of rotatable bonds is 7. The molecule has 2 aromatic rings. The minimum atomic E-state index is -3.87. The van der Waals surface area contributed by atoms with Crippen LogP contribution in [0.3, 0.4) is 0 Å². The zero-order valence-electron chi connectivity index (χ0n) is 14.2. The number of sulfonamides is 1. The summed E-state index contributed by atoms with van der Waals surface area (Å²) in [7, 11) is -2.30. The minimum Gasteiger partial charge on any atom is -0.497 e. The first-order valence-electron chi connectivity index (χ1n) is 7.64. The van der Waals surface area contributed by atoms with Crippen LogP contribution in [-0.4, -0.2) is 26.5 Å². The van der Waals surface area contributed by atoms with Crippen molar-refractivity contribution < 1.29 is 18.1 Å². The van der Waals surface area contributed by atoms with Gasteiger partial charge in [-0.1, -0.05) is 18.2 Å². The maximum absolute atomic E-state index is 12.6. The van der Waals surface area contributed by atoms with Crippen molar-refractivity contribution in [1.82, 2.24) is 4.72 Å². The highest BCUT2D eigenvalue weighted by atomic mass is 32.2. The normalized spacial score (nSPS) is 12.6. The van der Waals surface area contributed by atoms with E-state index < -0.39 is 21.0 Å². The smallest absolute Gasteiger partial charge is 0.273 e. The molecule has 0 radical (unpaired) electrons. The molecule has 0 heterocycles. The Kier molecular flexibility index (Phi) is 5.76. The van der Waals surface area contributed by atoms with Crippen molar-refractivity contribution in [2.75, 3.05) is 7.11 Å². The molecule has 8 heteroatoms. The van der Waals surface area contributed by atoms with Gasteiger partial charge in [0.1, 0.15) is 5.75 Å². The van der Waals surface area contributed by atoms with Gasteiger partial charge in [0.2, 0.25) is 10.0 Å². The van der Waals surface area contributed by atoms with Gasteiger partial charge in [0, 0.05) is 17.7 Å². The van der Waals surface area contributed by atoms with Crippen molar-refractivity contribution >= 4 is 15.7 Å². The number of methoxy groups -OCH3 is 1. The summed E-state index contributed by atoms with van der Waals surface area (Å²) >= 11 is 0. The highest BCUT2D eigenvalue weighted by Crippen LogP contribution is 2.25. The summed E-state index contributed by atoms with van der Waals surface area (Å²) in [5.74, 6) is 0.696. The SMILES string of the molecule is COc1cccc(CC(C)NS(=O)(=O)c2cccc([N+](=O)[O-])c2C)c1. The Morgan fingerprint density at radius 1 is 1.24 bits per heavy atom. The zero-order chi connectivity index (χ0) is 18.6. The maximum atomic E-state index is 12.6. The molecular weight excluding hydrogens is 344 g/mol. The van der Waals surface area contributed by atoms with E-state index in [-0.39, 0.29) is 16.1 Å². The number of nitro benzene ring substituents is 1. The average molecular weight is 364 g/mol. The van der Waals surface area contributed by atoms with Crippen molar-refractivity contribution in [3.05, 3.63) is 63.7 Å². The summed E-state index contributed by atoms with van der Waals surface area (Å²) < 4.78 is 32.9. The van der Waals surface area contributed by atoms with Crippen LogP contribution in [0.4, 0.5) is 5.69 Å². The van der Waals surface area contributed by atoms with Crippen LogP contribution < -0.4 is 9.46 Å². The van der Waals surface area contributed by atoms with Gasteiger partial charge in [-0.3, -0.25) is 10.1 Å². The molecule has 0 aliphatic carbocycles. The van der Waals surface area contributed by atoms with Crippen molar-refractivity contribution in [3.8, 4) is 5.75 Å². The third kappa shape index (κ3) is 4.55. The molecule has 25 heavy (non-hydrogen) atoms. The first kappa shape index (κ1) is 18.9. The van der Waals surface area contributed by atoms with Crippen LogP contribution in [0.1, 0.15) is 18.1 Å². The Morgan fingerprint density at radius 2 is 1.92 bits per heavy atom. The van der Waals surface area contributed by atoms with E-state index in [0.29, 0.717) is 12.2 Å². The Bertz CT molecular complexity index is 880. The lowest BCUT2D eigenvalue weighted by atomic mass is 10.1. The molecular formula is C17H20N2O5S. The van der Waals surface area contributed by atoms with Crippen LogP contribution in [0.15, 0.2) is 47.4 Å². The molecule has 7 nitrogen and oxygen atoms in total. The van der Waals surface area contributed by atoms with E-state index in [4.69, 9.17) is 4.74 Å². The number of hydrogen-bond donors (Lipinski definition) is 1. The molecule has 0 saturated carbocycles. The summed E-state index contributed by atoms with van der Waals surface area (Å²) in [6, 6.07) is 11.0. The van der Waals surface area contributed by atoms with Crippen LogP contribution in [0.25, 0.3) is 0 Å². The molecule has 0 fully saturated rings. The van der Waals surface area contributed by atoms with Crippen LogP contribution in [-0.2, 0) is 16.4 Å². The van der Waals surface area contributed by atoms with Gasteiger partial charge in [-0.2, -0.15) is 0 Å². The monoisotopic (exact) mass is 364 g/mol. The number of nitrogens with one attached hydrogen (secondary N) is 1. The molecule has 0 spiro atoms. The minimum absolute atomic E-state index is 0.0841. The highest BCUT2D eigenvalue weighted by molar-refractivity contribution is 7.89. The van der Waals surface area contributed by atoms with E-state index in [1.165, 1.54) is 25.1 Å². The molecule has 1 N–H and O–H groups in total. The third-order valence-corrected chi connectivity index (χ3v) is 5.51. The first-order chi connectivity index (χ1) is 11.7. The second-order valence-electron chi connectivity index (χ2n) is 5.74. The molecule has 0 saturated heterocycles. The molecule has 0 aromatic heterocycles. The summed E-state index contributed by atoms with van der Waals surface area (Å²) in [5.41, 5.74) is 0.821. The Morgan fingerprint density at radius 3 is 2.56 bits per heavy atom. The summed E-state index contributed by atoms with van der Waals surface area (Å²) in [6.07, 6.45) is 0.463. The van der Waals surface area contributed by atoms with Crippen molar-refractivity contribution in [1.29, 1.82) is 0 Å². The van der Waals surface area contributed by atoms with Gasteiger partial charge in [-0.15, -0.1) is 0 Å². The van der Waals surface area contributed by atoms with Crippen LogP contribution in [0.5, 0.6) is 5.75 Å². The van der Waals surface area contributed by atoms with Gasteiger partial charge in [0.05, 0.1) is 16.9 Å². The summed E-state index contributed by atoms with van der Waals surface area (Å²) in [4.78, 5) is 10.3. The predicted molar refractivity (Wildman–Crippen MR) is 94.3 cm³/mol. The van der Waals surface area contributed by atoms with Crippen LogP contribution >= 0.6 is 0 Å². The Hall–Kier alpha value is -2.45. The van der Waals surface area contributed by atoms with Gasteiger partial charge < -0.3 is 4.74 Å². The topological polar surface area (TPSA) is 98.5 Å². The van der Waals surface area contributed by atoms with Gasteiger partial charge in [0.15, 0.2) is 0 Å². The first-order valence-corrected chi connectivity index (χ1v) is 9.12. The lowest BCUT2D eigenvalue weighted by molar-refractivity contribution is -0.385. The molecule has 1 atom stereocenters. The Balaban J connectivity index is 2.20. The number of benzene rings is 2. The van der Waals surface area contributed by atoms with Crippen molar-refractivity contribution in [3.63, 3.8) is 0 Å². The largest absolute Gasteiger partial charge is 0.497 e. The Labute approximate surface area is 146 Å². The number of hydrogen-bond acceptors (Lipinski definition) is 5. The number of ether oxygens (including phenoxy) is 1. The van der Waals surface area contributed by atoms with E-state index in [9.17, 15) is 18.5 Å². The molecule has 0 aliphatic rings. The van der Waals surface area contributed by atoms with Crippen LogP contribution in [0.2, 0.25) is 0 Å². The average Bonchev–Trinajstić information content (AvgIpc) is 2.54. The predicted octanol–water partition coefficient (Wildman–Crippen LogP) is 2.82. The lowest BCUT2D eigenvalue weighted by Crippen LogP contribution is -2.34. The van der Waals surface area contributed by atoms with Crippen LogP contribution in [0, 0.1) is 17.0 Å². The summed E-state index contributed by atoms with van der Waals surface area (Å²) in [6.45, 7) is 3.17.